The minimum absolute atomic E-state index is 0.295. The molecule has 1 rings (SSSR count). The highest BCUT2D eigenvalue weighted by Gasteiger charge is 2.01. The molecule has 1 amide bonds. The van der Waals surface area contributed by atoms with Gasteiger partial charge in [-0.25, -0.2) is 4.79 Å². The van der Waals surface area contributed by atoms with E-state index >= 15 is 0 Å². The number of amides is 1. The average Bonchev–Trinajstić information content (AvgIpc) is 2.16. The second kappa shape index (κ2) is 5.95. The number of hydrogen-bond acceptors (Lipinski definition) is 2. The first-order valence-electron chi connectivity index (χ1n) is 5.13. The van der Waals surface area contributed by atoms with Crippen molar-refractivity contribution in [3.8, 4) is 0 Å². The number of aryl methyl sites for hydroxylation is 1. The minimum Gasteiger partial charge on any atom is -0.445 e. The number of carbonyl (C=O) groups is 1. The molecule has 0 fully saturated rings. The molecule has 0 saturated heterocycles. The fourth-order valence-electron chi connectivity index (χ4n) is 1.10. The van der Waals surface area contributed by atoms with Crippen LogP contribution in [0.2, 0.25) is 0 Å². The van der Waals surface area contributed by atoms with Gasteiger partial charge in [-0.15, -0.1) is 0 Å². The van der Waals surface area contributed by atoms with Gasteiger partial charge in [-0.05, 0) is 50.6 Å². The number of carbonyl (C=O) groups excluding carboxylic acids is 1. The highest BCUT2D eigenvalue weighted by Crippen LogP contribution is 2.09. The normalized spacial score (nSPS) is 9.44. The molecule has 0 aliphatic rings. The summed E-state index contributed by atoms with van der Waals surface area (Å²) in [7, 11) is 0. The smallest absolute Gasteiger partial charge is 0.411 e. The fourth-order valence-corrected chi connectivity index (χ4v) is 1.10. The predicted octanol–water partition coefficient (Wildman–Crippen LogP) is 3.31. The van der Waals surface area contributed by atoms with E-state index in [9.17, 15) is 4.79 Å². The molecule has 3 heteroatoms. The third-order valence-electron chi connectivity index (χ3n) is 1.89. The molecule has 1 aromatic carbocycles. The standard InChI is InChI=1S/C13H16NO2/c1-10(2)7-8-16-13(15)14-12-6-4-5-11(3)9-12/h5-7,9H,8H2,1-3H3,(H,14,15). The van der Waals surface area contributed by atoms with Gasteiger partial charge in [0.2, 0.25) is 0 Å². The molecule has 1 radical (unpaired) electrons. The van der Waals surface area contributed by atoms with Gasteiger partial charge in [0.05, 0.1) is 0 Å². The van der Waals surface area contributed by atoms with E-state index in [4.69, 9.17) is 4.74 Å². The van der Waals surface area contributed by atoms with E-state index in [1.54, 1.807) is 6.07 Å². The van der Waals surface area contributed by atoms with Gasteiger partial charge in [-0.3, -0.25) is 5.32 Å². The highest BCUT2D eigenvalue weighted by atomic mass is 16.5. The summed E-state index contributed by atoms with van der Waals surface area (Å²) in [5, 5.41) is 2.63. The molecule has 1 aromatic rings. The van der Waals surface area contributed by atoms with Crippen molar-refractivity contribution in [2.45, 2.75) is 20.8 Å². The summed E-state index contributed by atoms with van der Waals surface area (Å²) in [6.07, 6.45) is 1.40. The van der Waals surface area contributed by atoms with Crippen LogP contribution in [0.5, 0.6) is 0 Å². The maximum absolute atomic E-state index is 11.3. The van der Waals surface area contributed by atoms with E-state index in [1.165, 1.54) is 0 Å². The molecule has 0 spiro atoms. The van der Waals surface area contributed by atoms with Crippen LogP contribution < -0.4 is 5.32 Å². The van der Waals surface area contributed by atoms with Crippen molar-refractivity contribution in [1.82, 2.24) is 0 Å². The molecule has 0 aliphatic carbocycles. The Bertz CT molecular complexity index is 393. The van der Waals surface area contributed by atoms with Crippen LogP contribution in [0.25, 0.3) is 0 Å². The minimum atomic E-state index is -0.448. The van der Waals surface area contributed by atoms with Crippen LogP contribution in [0.1, 0.15) is 19.4 Å². The summed E-state index contributed by atoms with van der Waals surface area (Å²) in [6, 6.07) is 8.34. The topological polar surface area (TPSA) is 38.3 Å². The van der Waals surface area contributed by atoms with Crippen molar-refractivity contribution in [1.29, 1.82) is 0 Å². The van der Waals surface area contributed by atoms with E-state index in [1.807, 2.05) is 39.0 Å². The number of nitrogens with one attached hydrogen (secondary N) is 1. The Balaban J connectivity index is 2.43. The summed E-state index contributed by atoms with van der Waals surface area (Å²) in [4.78, 5) is 11.3. The van der Waals surface area contributed by atoms with Gasteiger partial charge in [0.1, 0.15) is 6.61 Å². The van der Waals surface area contributed by atoms with Gasteiger partial charge in [0.25, 0.3) is 0 Å². The van der Waals surface area contributed by atoms with E-state index in [-0.39, 0.29) is 0 Å². The van der Waals surface area contributed by atoms with E-state index < -0.39 is 6.09 Å². The van der Waals surface area contributed by atoms with Gasteiger partial charge >= 0.3 is 6.09 Å². The van der Waals surface area contributed by atoms with Crippen molar-refractivity contribution in [3.63, 3.8) is 0 Å². The van der Waals surface area contributed by atoms with Crippen molar-refractivity contribution in [2.75, 3.05) is 11.9 Å². The van der Waals surface area contributed by atoms with Crippen molar-refractivity contribution in [2.24, 2.45) is 0 Å². The Morgan fingerprint density at radius 3 is 2.88 bits per heavy atom. The first-order valence-corrected chi connectivity index (χ1v) is 5.13. The maximum atomic E-state index is 11.3. The van der Waals surface area contributed by atoms with Crippen molar-refractivity contribution >= 4 is 11.8 Å². The molecule has 16 heavy (non-hydrogen) atoms. The number of ether oxygens (including phenoxy) is 1. The van der Waals surface area contributed by atoms with Crippen LogP contribution in [0.4, 0.5) is 10.5 Å². The molecular formula is C13H16NO2. The number of rotatable bonds is 3. The number of allylic oxidation sites excluding steroid dienone is 1. The summed E-state index contributed by atoms with van der Waals surface area (Å²) in [6.45, 7) is 6.15. The molecule has 0 atom stereocenters. The van der Waals surface area contributed by atoms with Gasteiger partial charge in [-0.1, -0.05) is 11.6 Å². The predicted molar refractivity (Wildman–Crippen MR) is 64.4 cm³/mol. The van der Waals surface area contributed by atoms with Crippen molar-refractivity contribution < 1.29 is 9.53 Å². The van der Waals surface area contributed by atoms with Gasteiger partial charge < -0.3 is 4.74 Å². The first kappa shape index (κ1) is 12.3. The third kappa shape index (κ3) is 4.64. The zero-order chi connectivity index (χ0) is 12.0. The lowest BCUT2D eigenvalue weighted by Crippen LogP contribution is -2.13. The molecule has 0 heterocycles. The Hall–Kier alpha value is -1.77. The van der Waals surface area contributed by atoms with Gasteiger partial charge in [0.15, 0.2) is 0 Å². The first-order chi connectivity index (χ1) is 7.58. The molecular weight excluding hydrogens is 202 g/mol. The van der Waals surface area contributed by atoms with Gasteiger partial charge in [-0.2, -0.15) is 0 Å². The summed E-state index contributed by atoms with van der Waals surface area (Å²) in [5.74, 6) is 0. The molecule has 3 nitrogen and oxygen atoms in total. The Morgan fingerprint density at radius 1 is 1.50 bits per heavy atom. The van der Waals surface area contributed by atoms with Crippen LogP contribution in [-0.4, -0.2) is 12.7 Å². The number of anilines is 1. The molecule has 0 unspecified atom stereocenters. The van der Waals surface area contributed by atoms with E-state index in [0.29, 0.717) is 12.3 Å². The van der Waals surface area contributed by atoms with Crippen LogP contribution >= 0.6 is 0 Å². The van der Waals surface area contributed by atoms with Crippen LogP contribution in [0.15, 0.2) is 29.8 Å². The van der Waals surface area contributed by atoms with E-state index in [2.05, 4.69) is 11.4 Å². The van der Waals surface area contributed by atoms with Crippen LogP contribution in [0, 0.1) is 13.0 Å². The SMILES string of the molecule is CC(C)=CCOC(=O)Nc1c[c]cc(C)c1. The monoisotopic (exact) mass is 218 g/mol. The fraction of sp³-hybridized carbons (Fsp3) is 0.308. The average molecular weight is 218 g/mol. The zero-order valence-electron chi connectivity index (χ0n) is 9.83. The van der Waals surface area contributed by atoms with E-state index in [0.717, 1.165) is 11.1 Å². The zero-order valence-corrected chi connectivity index (χ0v) is 9.83. The highest BCUT2D eigenvalue weighted by molar-refractivity contribution is 5.84. The summed E-state index contributed by atoms with van der Waals surface area (Å²) < 4.78 is 4.96. The van der Waals surface area contributed by atoms with Gasteiger partial charge in [0, 0.05) is 5.69 Å². The lowest BCUT2D eigenvalue weighted by molar-refractivity contribution is 0.174. The lowest BCUT2D eigenvalue weighted by Gasteiger charge is -2.05. The molecule has 85 valence electrons. The van der Waals surface area contributed by atoms with Crippen molar-refractivity contribution in [3.05, 3.63) is 41.5 Å². The molecule has 0 bridgehead atoms. The molecule has 0 aliphatic heterocycles. The summed E-state index contributed by atoms with van der Waals surface area (Å²) >= 11 is 0. The Kier molecular flexibility index (Phi) is 4.58. The quantitative estimate of drug-likeness (QED) is 0.790. The second-order valence-electron chi connectivity index (χ2n) is 3.80. The largest absolute Gasteiger partial charge is 0.445 e. The second-order valence-corrected chi connectivity index (χ2v) is 3.80. The maximum Gasteiger partial charge on any atom is 0.411 e. The van der Waals surface area contributed by atoms with Crippen LogP contribution in [-0.2, 0) is 4.74 Å². The molecule has 0 aromatic heterocycles. The number of hydrogen-bond donors (Lipinski definition) is 1. The molecule has 0 saturated carbocycles. The summed E-state index contributed by atoms with van der Waals surface area (Å²) in [5.41, 5.74) is 2.86. The lowest BCUT2D eigenvalue weighted by atomic mass is 10.2. The number of benzene rings is 1. The van der Waals surface area contributed by atoms with Crippen LogP contribution in [0.3, 0.4) is 0 Å². The molecule has 1 N–H and O–H groups in total. The Labute approximate surface area is 96.1 Å². The third-order valence-corrected chi connectivity index (χ3v) is 1.89. The Morgan fingerprint density at radius 2 is 2.25 bits per heavy atom.